The number of aliphatic hydroxyl groups excluding tert-OH is 2. The number of hydrogen-bond acceptors (Lipinski definition) is 5. The Bertz CT molecular complexity index is 545. The third-order valence-corrected chi connectivity index (χ3v) is 4.63. The average molecular weight is 323 g/mol. The van der Waals surface area contributed by atoms with Crippen LogP contribution < -0.4 is 10.6 Å². The molecule has 23 heavy (non-hydrogen) atoms. The SMILES string of the molecule is CCCNC(=O)NC1CC(Cn2cc(C3CC3)nn2)C(O)C1O. The lowest BCUT2D eigenvalue weighted by molar-refractivity contribution is 0.00860. The van der Waals surface area contributed by atoms with Gasteiger partial charge in [-0.05, 0) is 25.7 Å². The van der Waals surface area contributed by atoms with Crippen LogP contribution in [0.4, 0.5) is 4.79 Å². The predicted molar refractivity (Wildman–Crippen MR) is 82.7 cm³/mol. The number of carbonyl (C=O) groups excluding carboxylic acids is 1. The number of nitrogens with one attached hydrogen (secondary N) is 2. The fourth-order valence-corrected chi connectivity index (χ4v) is 3.12. The maximum atomic E-state index is 11.7. The summed E-state index contributed by atoms with van der Waals surface area (Å²) in [6.07, 6.45) is 3.79. The smallest absolute Gasteiger partial charge is 0.315 e. The molecule has 3 rings (SSSR count). The summed E-state index contributed by atoms with van der Waals surface area (Å²) in [6.45, 7) is 3.05. The molecular weight excluding hydrogens is 298 g/mol. The van der Waals surface area contributed by atoms with E-state index in [0.717, 1.165) is 12.1 Å². The van der Waals surface area contributed by atoms with Gasteiger partial charge in [0.25, 0.3) is 0 Å². The molecule has 0 radical (unpaired) electrons. The van der Waals surface area contributed by atoms with Crippen molar-refractivity contribution < 1.29 is 15.0 Å². The van der Waals surface area contributed by atoms with Crippen LogP contribution >= 0.6 is 0 Å². The molecule has 1 heterocycles. The van der Waals surface area contributed by atoms with Crippen molar-refractivity contribution in [3.8, 4) is 0 Å². The number of nitrogens with zero attached hydrogens (tertiary/aromatic N) is 3. The number of amides is 2. The summed E-state index contributed by atoms with van der Waals surface area (Å²) in [6, 6.07) is -0.751. The van der Waals surface area contributed by atoms with E-state index in [1.807, 2.05) is 13.1 Å². The van der Waals surface area contributed by atoms with Gasteiger partial charge >= 0.3 is 6.03 Å². The van der Waals surface area contributed by atoms with Crippen LogP contribution in [0.5, 0.6) is 0 Å². The van der Waals surface area contributed by atoms with Crippen molar-refractivity contribution in [1.82, 2.24) is 25.6 Å². The van der Waals surface area contributed by atoms with Gasteiger partial charge in [0.2, 0.25) is 0 Å². The lowest BCUT2D eigenvalue weighted by Crippen LogP contribution is -2.47. The number of urea groups is 1. The molecule has 8 heteroatoms. The molecule has 4 N–H and O–H groups in total. The van der Waals surface area contributed by atoms with Crippen molar-refractivity contribution in [2.24, 2.45) is 5.92 Å². The number of carbonyl (C=O) groups is 1. The molecule has 2 aliphatic rings. The second-order valence-corrected chi connectivity index (χ2v) is 6.62. The standard InChI is InChI=1S/C15H25N5O3/c1-2-5-16-15(23)17-11-6-10(13(21)14(11)22)7-20-8-12(18-19-20)9-3-4-9/h8-11,13-14,21-22H,2-7H2,1H3,(H2,16,17,23). The average Bonchev–Trinajstić information content (AvgIpc) is 3.24. The van der Waals surface area contributed by atoms with Crippen LogP contribution in [0.15, 0.2) is 6.20 Å². The zero-order valence-electron chi connectivity index (χ0n) is 13.4. The van der Waals surface area contributed by atoms with Crippen LogP contribution in [-0.4, -0.2) is 56.0 Å². The summed E-state index contributed by atoms with van der Waals surface area (Å²) in [5.74, 6) is 0.384. The van der Waals surface area contributed by atoms with Crippen LogP contribution in [0.3, 0.4) is 0 Å². The fraction of sp³-hybridized carbons (Fsp3) is 0.800. The first kappa shape index (κ1) is 16.2. The first-order valence-electron chi connectivity index (χ1n) is 8.39. The second-order valence-electron chi connectivity index (χ2n) is 6.62. The molecule has 1 aromatic heterocycles. The summed E-state index contributed by atoms with van der Waals surface area (Å²) in [4.78, 5) is 11.7. The highest BCUT2D eigenvalue weighted by molar-refractivity contribution is 5.74. The summed E-state index contributed by atoms with van der Waals surface area (Å²) in [5, 5.41) is 34.1. The maximum absolute atomic E-state index is 11.7. The Morgan fingerprint density at radius 2 is 2.17 bits per heavy atom. The maximum Gasteiger partial charge on any atom is 0.315 e. The van der Waals surface area contributed by atoms with E-state index < -0.39 is 18.2 Å². The minimum absolute atomic E-state index is 0.157. The quantitative estimate of drug-likeness (QED) is 0.587. The van der Waals surface area contributed by atoms with Crippen LogP contribution in [0.25, 0.3) is 0 Å². The highest BCUT2D eigenvalue weighted by atomic mass is 16.3. The van der Waals surface area contributed by atoms with E-state index in [0.29, 0.717) is 25.4 Å². The summed E-state index contributed by atoms with van der Waals surface area (Å²) < 4.78 is 1.73. The Hall–Kier alpha value is -1.67. The van der Waals surface area contributed by atoms with Crippen molar-refractivity contribution in [3.05, 3.63) is 11.9 Å². The Kier molecular flexibility index (Phi) is 4.82. The van der Waals surface area contributed by atoms with E-state index in [1.165, 1.54) is 12.8 Å². The summed E-state index contributed by atoms with van der Waals surface area (Å²) in [7, 11) is 0. The lowest BCUT2D eigenvalue weighted by atomic mass is 10.1. The van der Waals surface area contributed by atoms with E-state index >= 15 is 0 Å². The van der Waals surface area contributed by atoms with E-state index in [1.54, 1.807) is 4.68 Å². The highest BCUT2D eigenvalue weighted by Gasteiger charge is 2.42. The zero-order valence-corrected chi connectivity index (χ0v) is 13.4. The molecule has 2 fully saturated rings. The Labute approximate surface area is 135 Å². The molecule has 128 valence electrons. The molecule has 2 saturated carbocycles. The predicted octanol–water partition coefficient (Wildman–Crippen LogP) is -0.0250. The minimum Gasteiger partial charge on any atom is -0.390 e. The highest BCUT2D eigenvalue weighted by Crippen LogP contribution is 2.38. The second kappa shape index (κ2) is 6.84. The molecule has 2 amide bonds. The fourth-order valence-electron chi connectivity index (χ4n) is 3.12. The van der Waals surface area contributed by atoms with Crippen LogP contribution in [0.1, 0.15) is 44.2 Å². The zero-order chi connectivity index (χ0) is 16.4. The molecule has 8 nitrogen and oxygen atoms in total. The normalized spacial score (nSPS) is 30.4. The monoisotopic (exact) mass is 323 g/mol. The number of aromatic nitrogens is 3. The molecule has 0 saturated heterocycles. The van der Waals surface area contributed by atoms with Crippen molar-refractivity contribution >= 4 is 6.03 Å². The molecule has 0 spiro atoms. The van der Waals surface area contributed by atoms with Gasteiger partial charge in [-0.1, -0.05) is 12.1 Å². The van der Waals surface area contributed by atoms with Gasteiger partial charge in [-0.15, -0.1) is 5.10 Å². The molecule has 0 aliphatic heterocycles. The number of hydrogen-bond donors (Lipinski definition) is 4. The van der Waals surface area contributed by atoms with Gasteiger partial charge in [-0.3, -0.25) is 4.68 Å². The van der Waals surface area contributed by atoms with Crippen molar-refractivity contribution in [2.75, 3.05) is 6.54 Å². The first-order valence-corrected chi connectivity index (χ1v) is 8.39. The van der Waals surface area contributed by atoms with E-state index in [-0.39, 0.29) is 11.9 Å². The topological polar surface area (TPSA) is 112 Å². The Balaban J connectivity index is 1.54. The van der Waals surface area contributed by atoms with Gasteiger partial charge in [0, 0.05) is 31.1 Å². The number of aliphatic hydroxyl groups is 2. The lowest BCUT2D eigenvalue weighted by Gasteiger charge is -2.18. The molecule has 4 atom stereocenters. The van der Waals surface area contributed by atoms with Gasteiger partial charge in [0.1, 0.15) is 6.10 Å². The van der Waals surface area contributed by atoms with Crippen molar-refractivity contribution in [3.63, 3.8) is 0 Å². The Morgan fingerprint density at radius 1 is 1.39 bits per heavy atom. The van der Waals surface area contributed by atoms with Crippen molar-refractivity contribution in [2.45, 2.75) is 63.3 Å². The molecule has 1 aromatic rings. The van der Waals surface area contributed by atoms with E-state index in [4.69, 9.17) is 0 Å². The molecular formula is C15H25N5O3. The largest absolute Gasteiger partial charge is 0.390 e. The summed E-state index contributed by atoms with van der Waals surface area (Å²) >= 11 is 0. The molecule has 4 unspecified atom stereocenters. The first-order chi connectivity index (χ1) is 11.1. The van der Waals surface area contributed by atoms with E-state index in [9.17, 15) is 15.0 Å². The molecule has 0 aromatic carbocycles. The van der Waals surface area contributed by atoms with Crippen molar-refractivity contribution in [1.29, 1.82) is 0 Å². The van der Waals surface area contributed by atoms with Gasteiger partial charge in [0.05, 0.1) is 17.8 Å². The van der Waals surface area contributed by atoms with Crippen LogP contribution in [-0.2, 0) is 6.54 Å². The third kappa shape index (κ3) is 3.81. The van der Waals surface area contributed by atoms with E-state index in [2.05, 4.69) is 20.9 Å². The third-order valence-electron chi connectivity index (χ3n) is 4.63. The van der Waals surface area contributed by atoms with Crippen LogP contribution in [0.2, 0.25) is 0 Å². The number of rotatable bonds is 6. The molecule has 2 aliphatic carbocycles. The molecule has 0 bridgehead atoms. The van der Waals surface area contributed by atoms with Gasteiger partial charge in [-0.25, -0.2) is 4.79 Å². The van der Waals surface area contributed by atoms with Crippen LogP contribution in [0, 0.1) is 5.92 Å². The van der Waals surface area contributed by atoms with Gasteiger partial charge in [0.15, 0.2) is 0 Å². The Morgan fingerprint density at radius 3 is 2.87 bits per heavy atom. The van der Waals surface area contributed by atoms with Gasteiger partial charge < -0.3 is 20.8 Å². The van der Waals surface area contributed by atoms with Gasteiger partial charge in [-0.2, -0.15) is 0 Å². The summed E-state index contributed by atoms with van der Waals surface area (Å²) in [5.41, 5.74) is 1.01. The minimum atomic E-state index is -0.959.